The minimum Gasteiger partial charge on any atom is -0.444 e. The van der Waals surface area contributed by atoms with E-state index in [0.717, 1.165) is 16.7 Å². The second-order valence-electron chi connectivity index (χ2n) is 13.8. The summed E-state index contributed by atoms with van der Waals surface area (Å²) in [6, 6.07) is 26.8. The van der Waals surface area contributed by atoms with E-state index in [9.17, 15) is 19.2 Å². The van der Waals surface area contributed by atoms with Crippen LogP contribution in [0.5, 0.6) is 0 Å². The summed E-state index contributed by atoms with van der Waals surface area (Å²) in [5, 5.41) is 8.82. The molecule has 0 aliphatic heterocycles. The van der Waals surface area contributed by atoms with Crippen molar-refractivity contribution in [3.63, 3.8) is 0 Å². The molecule has 0 heterocycles. The fourth-order valence-electron chi connectivity index (χ4n) is 5.56. The molecule has 9 heteroatoms. The van der Waals surface area contributed by atoms with Gasteiger partial charge in [0.1, 0.15) is 17.7 Å². The van der Waals surface area contributed by atoms with Crippen LogP contribution < -0.4 is 21.7 Å². The highest BCUT2D eigenvalue weighted by Crippen LogP contribution is 2.20. The molecule has 0 aliphatic rings. The van der Waals surface area contributed by atoms with Crippen LogP contribution in [0, 0.1) is 11.8 Å². The second-order valence-corrected chi connectivity index (χ2v) is 13.8. The lowest BCUT2D eigenvalue weighted by atomic mass is 9.90. The summed E-state index contributed by atoms with van der Waals surface area (Å²) in [4.78, 5) is 52.8. The number of hydrogen-bond donors (Lipinski definition) is 4. The summed E-state index contributed by atoms with van der Waals surface area (Å²) >= 11 is 0. The molecule has 258 valence electrons. The molecule has 5 N–H and O–H groups in total. The fraction of sp³-hybridized carbons (Fsp3) is 0.436. The van der Waals surface area contributed by atoms with Crippen LogP contribution in [0.2, 0.25) is 0 Å². The van der Waals surface area contributed by atoms with Gasteiger partial charge < -0.3 is 26.4 Å². The van der Waals surface area contributed by atoms with E-state index in [4.69, 9.17) is 10.5 Å². The Morgan fingerprint density at radius 2 is 1.12 bits per heavy atom. The molecule has 3 aromatic carbocycles. The number of hydrogen-bond acceptors (Lipinski definition) is 5. The van der Waals surface area contributed by atoms with Gasteiger partial charge in [-0.15, -0.1) is 0 Å². The third kappa shape index (κ3) is 14.0. The van der Waals surface area contributed by atoms with Gasteiger partial charge in [0.2, 0.25) is 17.7 Å². The number of benzene rings is 3. The zero-order valence-electron chi connectivity index (χ0n) is 28.9. The van der Waals surface area contributed by atoms with Gasteiger partial charge in [0.05, 0.1) is 0 Å². The van der Waals surface area contributed by atoms with Crippen LogP contribution in [-0.2, 0) is 38.4 Å². The fourth-order valence-corrected chi connectivity index (χ4v) is 5.56. The van der Waals surface area contributed by atoms with Crippen LogP contribution >= 0.6 is 0 Å². The Morgan fingerprint density at radius 3 is 1.60 bits per heavy atom. The molecule has 0 fully saturated rings. The number of carbonyl (C=O) groups excluding carboxylic acids is 4. The molecule has 9 nitrogen and oxygen atoms in total. The molecule has 0 aliphatic carbocycles. The highest BCUT2D eigenvalue weighted by atomic mass is 16.6. The zero-order chi connectivity index (χ0) is 35.1. The van der Waals surface area contributed by atoms with E-state index in [1.807, 2.05) is 126 Å². The lowest BCUT2D eigenvalue weighted by Gasteiger charge is -2.27. The first-order valence-electron chi connectivity index (χ1n) is 16.8. The monoisotopic (exact) mass is 656 g/mol. The maximum absolute atomic E-state index is 14.0. The molecule has 3 rings (SSSR count). The Labute approximate surface area is 285 Å². The average Bonchev–Trinajstić information content (AvgIpc) is 3.02. The Hall–Kier alpha value is -4.66. The molecule has 4 atom stereocenters. The summed E-state index contributed by atoms with van der Waals surface area (Å²) in [6.45, 7) is 9.39. The number of nitrogens with two attached hydrogens (primary N) is 1. The molecular formula is C39H52N4O5. The number of amides is 4. The zero-order valence-corrected chi connectivity index (χ0v) is 28.9. The number of carbonyl (C=O) groups is 4. The molecule has 4 amide bonds. The Morgan fingerprint density at radius 1 is 0.646 bits per heavy atom. The van der Waals surface area contributed by atoms with Crippen molar-refractivity contribution >= 4 is 23.8 Å². The Bertz CT molecular complexity index is 1440. The predicted octanol–water partition coefficient (Wildman–Crippen LogP) is 5.51. The van der Waals surface area contributed by atoms with Crippen molar-refractivity contribution in [3.05, 3.63) is 108 Å². The van der Waals surface area contributed by atoms with Crippen molar-refractivity contribution in [1.82, 2.24) is 16.0 Å². The first kappa shape index (κ1) is 37.8. The van der Waals surface area contributed by atoms with E-state index in [-0.39, 0.29) is 24.3 Å². The SMILES string of the molecule is CC(C)C[C@H](NC(=O)[C@H](CC[C@H](Cc1ccccc1)NC(=O)OC(C)(C)C)Cc1ccccc1)C(=O)N[C@@H](Cc1ccccc1)C(N)=O. The summed E-state index contributed by atoms with van der Waals surface area (Å²) in [7, 11) is 0. The maximum atomic E-state index is 14.0. The van der Waals surface area contributed by atoms with Crippen LogP contribution in [0.1, 0.15) is 70.6 Å². The smallest absolute Gasteiger partial charge is 0.407 e. The largest absolute Gasteiger partial charge is 0.444 e. The number of primary amides is 1. The molecule has 0 radical (unpaired) electrons. The molecule has 3 aromatic rings. The molecule has 0 aromatic heterocycles. The minimum atomic E-state index is -0.927. The standard InChI is InChI=1S/C39H52N4O5/c1-27(2)23-34(37(46)42-33(35(40)44)26-30-19-13-8-14-20-30)43-36(45)31(24-28-15-9-6-10-16-28)21-22-32(25-29-17-11-7-12-18-29)41-38(47)48-39(3,4)5/h6-20,27,31-34H,21-26H2,1-5H3,(H2,40,44)(H,41,47)(H,42,46)(H,43,45)/t31-,32-,33+,34+/m1/s1. The summed E-state index contributed by atoms with van der Waals surface area (Å²) in [5.74, 6) is -1.78. The van der Waals surface area contributed by atoms with Gasteiger partial charge in [0.15, 0.2) is 0 Å². The van der Waals surface area contributed by atoms with Crippen molar-refractivity contribution in [2.75, 3.05) is 0 Å². The van der Waals surface area contributed by atoms with Gasteiger partial charge in [0.25, 0.3) is 0 Å². The van der Waals surface area contributed by atoms with Gasteiger partial charge in [-0.2, -0.15) is 0 Å². The summed E-state index contributed by atoms with van der Waals surface area (Å²) in [6.07, 6.45) is 2.07. The van der Waals surface area contributed by atoms with E-state index >= 15 is 0 Å². The first-order valence-corrected chi connectivity index (χ1v) is 16.8. The Balaban J connectivity index is 1.80. The van der Waals surface area contributed by atoms with Crippen LogP contribution in [0.3, 0.4) is 0 Å². The lowest BCUT2D eigenvalue weighted by molar-refractivity contribution is -0.133. The summed E-state index contributed by atoms with van der Waals surface area (Å²) < 4.78 is 5.55. The van der Waals surface area contributed by atoms with E-state index in [1.165, 1.54) is 0 Å². The quantitative estimate of drug-likeness (QED) is 0.152. The van der Waals surface area contributed by atoms with E-state index < -0.39 is 41.5 Å². The highest BCUT2D eigenvalue weighted by molar-refractivity contribution is 5.92. The number of rotatable bonds is 17. The number of nitrogens with one attached hydrogen (secondary N) is 3. The average molecular weight is 657 g/mol. The van der Waals surface area contributed by atoms with Crippen LogP contribution in [0.25, 0.3) is 0 Å². The Kier molecular flexibility index (Phi) is 14.7. The molecule has 0 unspecified atom stereocenters. The highest BCUT2D eigenvalue weighted by Gasteiger charge is 2.30. The van der Waals surface area contributed by atoms with Crippen molar-refractivity contribution < 1.29 is 23.9 Å². The number of alkyl carbamates (subject to hydrolysis) is 1. The minimum absolute atomic E-state index is 0.0862. The molecule has 48 heavy (non-hydrogen) atoms. The molecule has 0 saturated carbocycles. The topological polar surface area (TPSA) is 140 Å². The first-order chi connectivity index (χ1) is 22.8. The third-order valence-electron chi connectivity index (χ3n) is 7.89. The van der Waals surface area contributed by atoms with Crippen LogP contribution in [0.15, 0.2) is 91.0 Å². The van der Waals surface area contributed by atoms with Gasteiger partial charge >= 0.3 is 6.09 Å². The second kappa shape index (κ2) is 18.6. The van der Waals surface area contributed by atoms with Gasteiger partial charge in [-0.3, -0.25) is 14.4 Å². The van der Waals surface area contributed by atoms with Crippen LogP contribution in [0.4, 0.5) is 4.79 Å². The lowest BCUT2D eigenvalue weighted by Crippen LogP contribution is -2.54. The van der Waals surface area contributed by atoms with Gasteiger partial charge in [0, 0.05) is 18.4 Å². The molecule has 0 spiro atoms. The van der Waals surface area contributed by atoms with Gasteiger partial charge in [-0.25, -0.2) is 4.79 Å². The van der Waals surface area contributed by atoms with Crippen molar-refractivity contribution in [1.29, 1.82) is 0 Å². The maximum Gasteiger partial charge on any atom is 0.407 e. The van der Waals surface area contributed by atoms with Gasteiger partial charge in [-0.1, -0.05) is 105 Å². The van der Waals surface area contributed by atoms with Crippen LogP contribution in [-0.4, -0.2) is 47.5 Å². The normalized spacial score (nSPS) is 13.9. The van der Waals surface area contributed by atoms with Gasteiger partial charge in [-0.05, 0) is 75.5 Å². The predicted molar refractivity (Wildman–Crippen MR) is 189 cm³/mol. The van der Waals surface area contributed by atoms with Crippen molar-refractivity contribution in [3.8, 4) is 0 Å². The molecule has 0 bridgehead atoms. The van der Waals surface area contributed by atoms with E-state index in [0.29, 0.717) is 32.1 Å². The van der Waals surface area contributed by atoms with E-state index in [2.05, 4.69) is 16.0 Å². The summed E-state index contributed by atoms with van der Waals surface area (Å²) in [5.41, 5.74) is 7.92. The molecule has 0 saturated heterocycles. The van der Waals surface area contributed by atoms with E-state index in [1.54, 1.807) is 0 Å². The van der Waals surface area contributed by atoms with Crippen molar-refractivity contribution in [2.24, 2.45) is 17.6 Å². The molecular weight excluding hydrogens is 604 g/mol. The van der Waals surface area contributed by atoms with Crippen molar-refractivity contribution in [2.45, 2.75) is 96.9 Å². The third-order valence-corrected chi connectivity index (χ3v) is 7.89. The number of ether oxygens (including phenoxy) is 1.